The molecule has 0 saturated carbocycles. The van der Waals surface area contributed by atoms with Gasteiger partial charge in [-0.2, -0.15) is 0 Å². The summed E-state index contributed by atoms with van der Waals surface area (Å²) in [4.78, 5) is 0. The first-order chi connectivity index (χ1) is 11.7. The van der Waals surface area contributed by atoms with Gasteiger partial charge < -0.3 is 20.6 Å². The Hall–Kier alpha value is -0.160. The molecule has 0 heterocycles. The third-order valence-electron chi connectivity index (χ3n) is 4.71. The van der Waals surface area contributed by atoms with Crippen LogP contribution >= 0.6 is 0 Å². The smallest absolute Gasteiger partial charge is 0.0585 e. The maximum absolute atomic E-state index is 10.00. The lowest BCUT2D eigenvalue weighted by molar-refractivity contribution is 0.116. The average molecular weight is 346 g/mol. The van der Waals surface area contributed by atoms with E-state index in [0.717, 1.165) is 12.8 Å². The number of nitrogens with one attached hydrogen (secondary N) is 1. The quantitative estimate of drug-likeness (QED) is 0.269. The lowest BCUT2D eigenvalue weighted by Gasteiger charge is -2.19. The zero-order valence-electron chi connectivity index (χ0n) is 16.0. The predicted octanol–water partition coefficient (Wildman–Crippen LogP) is 3.77. The van der Waals surface area contributed by atoms with Gasteiger partial charge in [0.1, 0.15) is 0 Å². The molecule has 2 unspecified atom stereocenters. The maximum Gasteiger partial charge on any atom is 0.0585 e. The van der Waals surface area contributed by atoms with Gasteiger partial charge in [-0.1, -0.05) is 84.0 Å². The molecule has 0 aliphatic rings. The van der Waals surface area contributed by atoms with E-state index in [2.05, 4.69) is 12.2 Å². The summed E-state index contributed by atoms with van der Waals surface area (Å²) in [5.74, 6) is 0. The summed E-state index contributed by atoms with van der Waals surface area (Å²) < 4.78 is 0. The van der Waals surface area contributed by atoms with Crippen LogP contribution in [0.15, 0.2) is 0 Å². The van der Waals surface area contributed by atoms with Crippen LogP contribution < -0.4 is 5.32 Å². The zero-order valence-corrected chi connectivity index (χ0v) is 16.0. The van der Waals surface area contributed by atoms with Gasteiger partial charge in [0.2, 0.25) is 0 Å². The van der Waals surface area contributed by atoms with Crippen LogP contribution in [-0.2, 0) is 0 Å². The normalized spacial score (nSPS) is 14.0. The van der Waals surface area contributed by atoms with E-state index in [1.165, 1.54) is 70.6 Å². The Morgan fingerprint density at radius 3 is 1.71 bits per heavy atom. The van der Waals surface area contributed by atoms with Crippen molar-refractivity contribution in [1.29, 1.82) is 0 Å². The van der Waals surface area contributed by atoms with Gasteiger partial charge in [0.15, 0.2) is 0 Å². The standard InChI is InChI=1S/C20H43NO3/c1-2-3-4-5-6-7-8-9-10-11-12-13-14-20(24)17-19(18-23)21-15-16-22/h19-24H,2-18H2,1H3. The summed E-state index contributed by atoms with van der Waals surface area (Å²) in [7, 11) is 0. The van der Waals surface area contributed by atoms with E-state index < -0.39 is 0 Å². The van der Waals surface area contributed by atoms with E-state index in [-0.39, 0.29) is 25.4 Å². The second kappa shape index (κ2) is 19.2. The van der Waals surface area contributed by atoms with Gasteiger partial charge in [-0.25, -0.2) is 0 Å². The molecule has 2 atom stereocenters. The lowest BCUT2D eigenvalue weighted by Crippen LogP contribution is -2.37. The summed E-state index contributed by atoms with van der Waals surface area (Å²) in [5, 5.41) is 31.0. The molecule has 0 aliphatic heterocycles. The highest BCUT2D eigenvalue weighted by atomic mass is 16.3. The van der Waals surface area contributed by atoms with E-state index in [1.807, 2.05) is 0 Å². The van der Waals surface area contributed by atoms with Crippen LogP contribution in [0.4, 0.5) is 0 Å². The third kappa shape index (κ3) is 16.7. The highest BCUT2D eigenvalue weighted by Gasteiger charge is 2.12. The van der Waals surface area contributed by atoms with E-state index in [0.29, 0.717) is 13.0 Å². The molecule has 0 rings (SSSR count). The molecule has 4 nitrogen and oxygen atoms in total. The molecule has 4 N–H and O–H groups in total. The first kappa shape index (κ1) is 23.8. The van der Waals surface area contributed by atoms with E-state index in [1.54, 1.807) is 0 Å². The van der Waals surface area contributed by atoms with Gasteiger partial charge in [-0.15, -0.1) is 0 Å². The summed E-state index contributed by atoms with van der Waals surface area (Å²) in [5.41, 5.74) is 0. The Morgan fingerprint density at radius 1 is 0.750 bits per heavy atom. The fraction of sp³-hybridized carbons (Fsp3) is 1.00. The van der Waals surface area contributed by atoms with Crippen LogP contribution in [0, 0.1) is 0 Å². The number of unbranched alkanes of at least 4 members (excludes halogenated alkanes) is 11. The summed E-state index contributed by atoms with van der Waals surface area (Å²) in [6.45, 7) is 2.80. The molecular weight excluding hydrogens is 302 g/mol. The Morgan fingerprint density at radius 2 is 1.25 bits per heavy atom. The molecule has 0 bridgehead atoms. The van der Waals surface area contributed by atoms with E-state index in [9.17, 15) is 10.2 Å². The highest BCUT2D eigenvalue weighted by molar-refractivity contribution is 4.70. The Labute approximate surface area is 150 Å². The molecule has 0 saturated heterocycles. The molecule has 0 fully saturated rings. The van der Waals surface area contributed by atoms with Crippen molar-refractivity contribution in [1.82, 2.24) is 5.32 Å². The molecular formula is C20H43NO3. The largest absolute Gasteiger partial charge is 0.395 e. The fourth-order valence-electron chi connectivity index (χ4n) is 3.16. The van der Waals surface area contributed by atoms with Crippen molar-refractivity contribution < 1.29 is 15.3 Å². The topological polar surface area (TPSA) is 72.7 Å². The van der Waals surface area contributed by atoms with Crippen LogP contribution in [0.3, 0.4) is 0 Å². The van der Waals surface area contributed by atoms with Crippen molar-refractivity contribution in [3.63, 3.8) is 0 Å². The number of hydrogen-bond donors (Lipinski definition) is 4. The molecule has 4 heteroatoms. The molecule has 0 radical (unpaired) electrons. The van der Waals surface area contributed by atoms with Gasteiger partial charge >= 0.3 is 0 Å². The van der Waals surface area contributed by atoms with Crippen molar-refractivity contribution in [3.8, 4) is 0 Å². The van der Waals surface area contributed by atoms with Gasteiger partial charge in [-0.3, -0.25) is 0 Å². The Bertz CT molecular complexity index is 239. The van der Waals surface area contributed by atoms with Crippen LogP contribution in [0.2, 0.25) is 0 Å². The molecule has 0 amide bonds. The van der Waals surface area contributed by atoms with Crippen LogP contribution in [0.25, 0.3) is 0 Å². The second-order valence-electron chi connectivity index (χ2n) is 7.12. The zero-order chi connectivity index (χ0) is 17.9. The lowest BCUT2D eigenvalue weighted by atomic mass is 10.0. The van der Waals surface area contributed by atoms with Gasteiger partial charge in [-0.05, 0) is 12.8 Å². The molecule has 146 valence electrons. The van der Waals surface area contributed by atoms with Gasteiger partial charge in [0, 0.05) is 12.6 Å². The van der Waals surface area contributed by atoms with Crippen molar-refractivity contribution in [3.05, 3.63) is 0 Å². The summed E-state index contributed by atoms with van der Waals surface area (Å²) in [6, 6.07) is -0.107. The summed E-state index contributed by atoms with van der Waals surface area (Å²) in [6.07, 6.45) is 17.0. The van der Waals surface area contributed by atoms with Crippen LogP contribution in [0.1, 0.15) is 96.8 Å². The Kier molecular flexibility index (Phi) is 19.0. The maximum atomic E-state index is 10.00. The predicted molar refractivity (Wildman–Crippen MR) is 102 cm³/mol. The van der Waals surface area contributed by atoms with Crippen molar-refractivity contribution in [2.24, 2.45) is 0 Å². The van der Waals surface area contributed by atoms with E-state index in [4.69, 9.17) is 5.11 Å². The molecule has 0 aromatic rings. The van der Waals surface area contributed by atoms with Crippen molar-refractivity contribution in [2.45, 2.75) is 109 Å². The molecule has 0 aliphatic carbocycles. The van der Waals surface area contributed by atoms with Crippen molar-refractivity contribution >= 4 is 0 Å². The first-order valence-corrected chi connectivity index (χ1v) is 10.4. The second-order valence-corrected chi connectivity index (χ2v) is 7.12. The van der Waals surface area contributed by atoms with E-state index >= 15 is 0 Å². The molecule has 0 spiro atoms. The molecule has 24 heavy (non-hydrogen) atoms. The number of rotatable bonds is 19. The fourth-order valence-corrected chi connectivity index (χ4v) is 3.16. The van der Waals surface area contributed by atoms with Gasteiger partial charge in [0.25, 0.3) is 0 Å². The average Bonchev–Trinajstić information content (AvgIpc) is 2.59. The SMILES string of the molecule is CCCCCCCCCCCCCCC(O)CC(CO)NCCO. The monoisotopic (exact) mass is 345 g/mol. The minimum atomic E-state index is -0.350. The minimum Gasteiger partial charge on any atom is -0.395 e. The van der Waals surface area contributed by atoms with Crippen LogP contribution in [0.5, 0.6) is 0 Å². The molecule has 0 aromatic carbocycles. The van der Waals surface area contributed by atoms with Crippen LogP contribution in [-0.4, -0.2) is 47.2 Å². The third-order valence-corrected chi connectivity index (χ3v) is 4.71. The first-order valence-electron chi connectivity index (χ1n) is 10.4. The summed E-state index contributed by atoms with van der Waals surface area (Å²) >= 11 is 0. The van der Waals surface area contributed by atoms with Gasteiger partial charge in [0.05, 0.1) is 19.3 Å². The molecule has 0 aromatic heterocycles. The minimum absolute atomic E-state index is 0.00943. The van der Waals surface area contributed by atoms with Crippen molar-refractivity contribution in [2.75, 3.05) is 19.8 Å². The number of aliphatic hydroxyl groups is 3. The highest BCUT2D eigenvalue weighted by Crippen LogP contribution is 2.14. The number of hydrogen-bond acceptors (Lipinski definition) is 4. The number of aliphatic hydroxyl groups excluding tert-OH is 3. The Balaban J connectivity index is 3.30.